The normalized spacial score (nSPS) is 14.6. The molecule has 0 unspecified atom stereocenters. The van der Waals surface area contributed by atoms with Gasteiger partial charge in [0.15, 0.2) is 0 Å². The number of amides is 1. The molecule has 1 atom stereocenters. The minimum Gasteiger partial charge on any atom is -0.493 e. The van der Waals surface area contributed by atoms with Crippen molar-refractivity contribution in [3.05, 3.63) is 48.4 Å². The first-order valence-electron chi connectivity index (χ1n) is 9.80. The van der Waals surface area contributed by atoms with Crippen molar-refractivity contribution in [2.24, 2.45) is 5.92 Å². The highest BCUT2D eigenvalue weighted by atomic mass is 19.1. The van der Waals surface area contributed by atoms with Crippen molar-refractivity contribution in [1.29, 1.82) is 0 Å². The molecule has 1 N–H and O–H groups in total. The van der Waals surface area contributed by atoms with Crippen LogP contribution < -0.4 is 14.8 Å². The average molecular weight is 397 g/mol. The van der Waals surface area contributed by atoms with Gasteiger partial charge in [-0.1, -0.05) is 0 Å². The summed E-state index contributed by atoms with van der Waals surface area (Å²) in [6.07, 6.45) is 4.04. The van der Waals surface area contributed by atoms with Gasteiger partial charge in [0.2, 0.25) is 5.91 Å². The second kappa shape index (κ2) is 8.11. The van der Waals surface area contributed by atoms with Gasteiger partial charge in [-0.15, -0.1) is 0 Å². The van der Waals surface area contributed by atoms with Crippen molar-refractivity contribution < 1.29 is 18.7 Å². The fourth-order valence-corrected chi connectivity index (χ4v) is 3.08. The standard InChI is InChI=1S/C22H24FN3O3/c1-14(24-15(2)27)12-28-18-7-5-17(6-8-18)26-11-20-21(23)9-19(10-22(20)25-26)29-13-16-3-4-16/h5-11,14,16H,3-4,12-13H2,1-2H3,(H,24,27)/t14-/m0/s1. The van der Waals surface area contributed by atoms with E-state index in [0.717, 1.165) is 5.69 Å². The number of rotatable bonds is 8. The lowest BCUT2D eigenvalue weighted by Gasteiger charge is -2.14. The van der Waals surface area contributed by atoms with Gasteiger partial charge in [-0.25, -0.2) is 9.07 Å². The lowest BCUT2D eigenvalue weighted by Crippen LogP contribution is -2.35. The third kappa shape index (κ3) is 4.85. The fraction of sp³-hybridized carbons (Fsp3) is 0.364. The lowest BCUT2D eigenvalue weighted by molar-refractivity contribution is -0.119. The molecule has 29 heavy (non-hydrogen) atoms. The van der Waals surface area contributed by atoms with E-state index in [-0.39, 0.29) is 17.8 Å². The maximum Gasteiger partial charge on any atom is 0.217 e. The summed E-state index contributed by atoms with van der Waals surface area (Å²) < 4.78 is 27.5. The Labute approximate surface area is 168 Å². The van der Waals surface area contributed by atoms with Gasteiger partial charge in [-0.2, -0.15) is 5.10 Å². The lowest BCUT2D eigenvalue weighted by atomic mass is 10.2. The van der Waals surface area contributed by atoms with E-state index in [1.54, 1.807) is 16.9 Å². The molecule has 1 saturated carbocycles. The van der Waals surface area contributed by atoms with E-state index in [9.17, 15) is 9.18 Å². The van der Waals surface area contributed by atoms with Gasteiger partial charge in [0, 0.05) is 25.3 Å². The van der Waals surface area contributed by atoms with Crippen molar-refractivity contribution >= 4 is 16.8 Å². The van der Waals surface area contributed by atoms with Crippen LogP contribution >= 0.6 is 0 Å². The minimum atomic E-state index is -0.341. The summed E-state index contributed by atoms with van der Waals surface area (Å²) in [5.74, 6) is 1.38. The van der Waals surface area contributed by atoms with Gasteiger partial charge in [0.05, 0.1) is 29.2 Å². The average Bonchev–Trinajstić information content (AvgIpc) is 3.41. The third-order valence-electron chi connectivity index (χ3n) is 4.78. The molecule has 4 rings (SSSR count). The Balaban J connectivity index is 1.45. The van der Waals surface area contributed by atoms with E-state index in [1.807, 2.05) is 31.2 Å². The van der Waals surface area contributed by atoms with Crippen LogP contribution in [-0.4, -0.2) is 34.9 Å². The molecule has 3 aromatic rings. The van der Waals surface area contributed by atoms with Crippen molar-refractivity contribution in [2.45, 2.75) is 32.7 Å². The molecule has 0 bridgehead atoms. The number of halogens is 1. The van der Waals surface area contributed by atoms with Crippen molar-refractivity contribution in [2.75, 3.05) is 13.2 Å². The highest BCUT2D eigenvalue weighted by Gasteiger charge is 2.22. The Bertz CT molecular complexity index is 1010. The Morgan fingerprint density at radius 1 is 1.24 bits per heavy atom. The molecule has 1 aromatic heterocycles. The number of carbonyl (C=O) groups excluding carboxylic acids is 1. The number of hydrogen-bond acceptors (Lipinski definition) is 4. The van der Waals surface area contributed by atoms with Gasteiger partial charge in [0.25, 0.3) is 0 Å². The molecule has 6 nitrogen and oxygen atoms in total. The molecule has 1 aliphatic rings. The van der Waals surface area contributed by atoms with Gasteiger partial charge >= 0.3 is 0 Å². The predicted octanol–water partition coefficient (Wildman–Crippen LogP) is 3.86. The summed E-state index contributed by atoms with van der Waals surface area (Å²) >= 11 is 0. The monoisotopic (exact) mass is 397 g/mol. The summed E-state index contributed by atoms with van der Waals surface area (Å²) in [5, 5.41) is 7.71. The van der Waals surface area contributed by atoms with Crippen LogP contribution in [0.1, 0.15) is 26.7 Å². The maximum atomic E-state index is 14.5. The molecule has 7 heteroatoms. The number of carbonyl (C=O) groups is 1. The van der Waals surface area contributed by atoms with Gasteiger partial charge < -0.3 is 14.8 Å². The third-order valence-corrected chi connectivity index (χ3v) is 4.78. The van der Waals surface area contributed by atoms with Crippen LogP contribution in [0, 0.1) is 11.7 Å². The van der Waals surface area contributed by atoms with Crippen LogP contribution in [0.25, 0.3) is 16.6 Å². The van der Waals surface area contributed by atoms with Crippen molar-refractivity contribution in [1.82, 2.24) is 15.1 Å². The van der Waals surface area contributed by atoms with E-state index in [0.29, 0.717) is 41.5 Å². The predicted molar refractivity (Wildman–Crippen MR) is 108 cm³/mol. The first-order chi connectivity index (χ1) is 14.0. The molecule has 1 heterocycles. The van der Waals surface area contributed by atoms with E-state index in [2.05, 4.69) is 10.4 Å². The maximum absolute atomic E-state index is 14.5. The number of ether oxygens (including phenoxy) is 2. The SMILES string of the molecule is CC(=O)N[C@@H](C)COc1ccc(-n2cc3c(F)cc(OCC4CC4)cc3n2)cc1. The van der Waals surface area contributed by atoms with E-state index < -0.39 is 0 Å². The molecule has 0 radical (unpaired) electrons. The largest absolute Gasteiger partial charge is 0.493 e. The van der Waals surface area contributed by atoms with Crippen LogP contribution in [0.5, 0.6) is 11.5 Å². The number of aromatic nitrogens is 2. The summed E-state index contributed by atoms with van der Waals surface area (Å²) in [6, 6.07) is 10.5. The number of fused-ring (bicyclic) bond motifs is 1. The summed E-state index contributed by atoms with van der Waals surface area (Å²) in [4.78, 5) is 11.0. The molecular weight excluding hydrogens is 373 g/mol. The first-order valence-corrected chi connectivity index (χ1v) is 9.80. The fourth-order valence-electron chi connectivity index (χ4n) is 3.08. The zero-order valence-corrected chi connectivity index (χ0v) is 16.5. The second-order valence-electron chi connectivity index (χ2n) is 7.57. The smallest absolute Gasteiger partial charge is 0.217 e. The highest BCUT2D eigenvalue weighted by Crippen LogP contribution is 2.31. The molecule has 152 valence electrons. The minimum absolute atomic E-state index is 0.0807. The zero-order valence-electron chi connectivity index (χ0n) is 16.5. The van der Waals surface area contributed by atoms with Gasteiger partial charge in [-0.05, 0) is 49.9 Å². The summed E-state index contributed by atoms with van der Waals surface area (Å²) in [7, 11) is 0. The molecule has 2 aromatic carbocycles. The molecule has 0 spiro atoms. The number of nitrogens with zero attached hydrogens (tertiary/aromatic N) is 2. The number of hydrogen-bond donors (Lipinski definition) is 1. The number of benzene rings is 2. The molecular formula is C22H24FN3O3. The first kappa shape index (κ1) is 19.2. The van der Waals surface area contributed by atoms with Crippen LogP contribution in [0.15, 0.2) is 42.6 Å². The van der Waals surface area contributed by atoms with Crippen LogP contribution in [0.3, 0.4) is 0 Å². The van der Waals surface area contributed by atoms with Crippen molar-refractivity contribution in [3.8, 4) is 17.2 Å². The Morgan fingerprint density at radius 3 is 2.69 bits per heavy atom. The van der Waals surface area contributed by atoms with E-state index >= 15 is 0 Å². The topological polar surface area (TPSA) is 65.4 Å². The Kier molecular flexibility index (Phi) is 5.38. The second-order valence-corrected chi connectivity index (χ2v) is 7.57. The van der Waals surface area contributed by atoms with Gasteiger partial charge in [0.1, 0.15) is 23.9 Å². The zero-order chi connectivity index (χ0) is 20.4. The van der Waals surface area contributed by atoms with Crippen LogP contribution in [0.2, 0.25) is 0 Å². The molecule has 1 fully saturated rings. The summed E-state index contributed by atoms with van der Waals surface area (Å²) in [5.41, 5.74) is 1.35. The number of nitrogens with one attached hydrogen (secondary N) is 1. The van der Waals surface area contributed by atoms with Crippen LogP contribution in [0.4, 0.5) is 4.39 Å². The van der Waals surface area contributed by atoms with Gasteiger partial charge in [-0.3, -0.25) is 4.79 Å². The molecule has 1 amide bonds. The van der Waals surface area contributed by atoms with Crippen molar-refractivity contribution in [3.63, 3.8) is 0 Å². The van der Waals surface area contributed by atoms with E-state index in [1.165, 1.54) is 25.8 Å². The summed E-state index contributed by atoms with van der Waals surface area (Å²) in [6.45, 7) is 4.36. The molecule has 1 aliphatic carbocycles. The molecule has 0 saturated heterocycles. The molecule has 0 aliphatic heterocycles. The Morgan fingerprint density at radius 2 is 2.00 bits per heavy atom. The van der Waals surface area contributed by atoms with E-state index in [4.69, 9.17) is 9.47 Å². The quantitative estimate of drug-likeness (QED) is 0.627. The highest BCUT2D eigenvalue weighted by molar-refractivity contribution is 5.81. The Hall–Kier alpha value is -3.09. The van der Waals surface area contributed by atoms with Crippen LogP contribution in [-0.2, 0) is 4.79 Å².